The summed E-state index contributed by atoms with van der Waals surface area (Å²) in [5.41, 5.74) is 6.27. The molecule has 1 aromatic rings. The Morgan fingerprint density at radius 3 is 3.05 bits per heavy atom. The molecule has 0 unspecified atom stereocenters. The molecule has 1 heterocycles. The van der Waals surface area contributed by atoms with Gasteiger partial charge >= 0.3 is 0 Å². The van der Waals surface area contributed by atoms with Crippen molar-refractivity contribution in [1.29, 1.82) is 0 Å². The quantitative estimate of drug-likeness (QED) is 0.584. The van der Waals surface area contributed by atoms with Gasteiger partial charge in [-0.3, -0.25) is 4.79 Å². The number of nitrogens with one attached hydrogen (secondary N) is 1. The molecule has 0 saturated heterocycles. The SMILES string of the molecule is CC(C)COCCCNC(=O)c1ncccc1C#CCN. The Morgan fingerprint density at radius 2 is 2.33 bits per heavy atom. The van der Waals surface area contributed by atoms with Crippen molar-refractivity contribution in [3.63, 3.8) is 0 Å². The lowest BCUT2D eigenvalue weighted by Crippen LogP contribution is -2.27. The van der Waals surface area contributed by atoms with Crippen LogP contribution in [0.3, 0.4) is 0 Å². The molecule has 0 aromatic carbocycles. The Labute approximate surface area is 126 Å². The van der Waals surface area contributed by atoms with Gasteiger partial charge in [-0.25, -0.2) is 4.98 Å². The number of hydrogen-bond acceptors (Lipinski definition) is 4. The Morgan fingerprint density at radius 1 is 1.52 bits per heavy atom. The van der Waals surface area contributed by atoms with Crippen molar-refractivity contribution in [3.05, 3.63) is 29.6 Å². The molecule has 0 atom stereocenters. The van der Waals surface area contributed by atoms with E-state index in [9.17, 15) is 4.79 Å². The number of aromatic nitrogens is 1. The average molecular weight is 289 g/mol. The summed E-state index contributed by atoms with van der Waals surface area (Å²) in [7, 11) is 0. The third-order valence-electron chi connectivity index (χ3n) is 2.55. The predicted octanol–water partition coefficient (Wildman–Crippen LogP) is 1.18. The third kappa shape index (κ3) is 6.89. The number of carbonyl (C=O) groups is 1. The van der Waals surface area contributed by atoms with Crippen molar-refractivity contribution in [2.75, 3.05) is 26.3 Å². The maximum absolute atomic E-state index is 12.1. The number of carbonyl (C=O) groups excluding carboxylic acids is 1. The van der Waals surface area contributed by atoms with Crippen LogP contribution in [0.25, 0.3) is 0 Å². The first-order chi connectivity index (χ1) is 10.1. The largest absolute Gasteiger partial charge is 0.381 e. The predicted molar refractivity (Wildman–Crippen MR) is 82.8 cm³/mol. The molecule has 0 radical (unpaired) electrons. The lowest BCUT2D eigenvalue weighted by molar-refractivity contribution is 0.0920. The van der Waals surface area contributed by atoms with Crippen LogP contribution in [0.2, 0.25) is 0 Å². The van der Waals surface area contributed by atoms with Gasteiger partial charge in [0.15, 0.2) is 0 Å². The van der Waals surface area contributed by atoms with E-state index in [4.69, 9.17) is 10.5 Å². The molecule has 0 fully saturated rings. The molecule has 0 bridgehead atoms. The van der Waals surface area contributed by atoms with Crippen LogP contribution in [0.15, 0.2) is 18.3 Å². The molecule has 5 heteroatoms. The van der Waals surface area contributed by atoms with Gasteiger partial charge in [0.2, 0.25) is 0 Å². The second-order valence-electron chi connectivity index (χ2n) is 4.98. The van der Waals surface area contributed by atoms with Crippen LogP contribution in [0.5, 0.6) is 0 Å². The molecule has 0 saturated carbocycles. The van der Waals surface area contributed by atoms with Crippen molar-refractivity contribution in [3.8, 4) is 11.8 Å². The molecule has 1 rings (SSSR count). The molecular formula is C16H23N3O2. The molecule has 0 aliphatic carbocycles. The zero-order chi connectivity index (χ0) is 15.5. The Balaban J connectivity index is 2.42. The van der Waals surface area contributed by atoms with Gasteiger partial charge in [-0.15, -0.1) is 0 Å². The summed E-state index contributed by atoms with van der Waals surface area (Å²) < 4.78 is 5.46. The summed E-state index contributed by atoms with van der Waals surface area (Å²) in [5.74, 6) is 5.89. The van der Waals surface area contributed by atoms with Crippen molar-refractivity contribution in [1.82, 2.24) is 10.3 Å². The van der Waals surface area contributed by atoms with Gasteiger partial charge in [-0.05, 0) is 24.5 Å². The maximum Gasteiger partial charge on any atom is 0.271 e. The molecule has 3 N–H and O–H groups in total. The van der Waals surface area contributed by atoms with Crippen LogP contribution in [0.4, 0.5) is 0 Å². The zero-order valence-electron chi connectivity index (χ0n) is 12.7. The Hall–Kier alpha value is -1.90. The highest BCUT2D eigenvalue weighted by molar-refractivity contribution is 5.94. The van der Waals surface area contributed by atoms with E-state index < -0.39 is 0 Å². The van der Waals surface area contributed by atoms with Crippen LogP contribution in [-0.2, 0) is 4.74 Å². The Bertz CT molecular complexity index is 504. The van der Waals surface area contributed by atoms with Crippen LogP contribution >= 0.6 is 0 Å². The number of pyridine rings is 1. The monoisotopic (exact) mass is 289 g/mol. The standard InChI is InChI=1S/C16H23N3O2/c1-13(2)12-21-11-5-10-19-16(20)15-14(6-3-8-17)7-4-9-18-15/h4,7,9,13H,5,8,10-12,17H2,1-2H3,(H,19,20). The normalized spacial score (nSPS) is 10.1. The van der Waals surface area contributed by atoms with Crippen molar-refractivity contribution in [2.45, 2.75) is 20.3 Å². The fourth-order valence-corrected chi connectivity index (χ4v) is 1.61. The van der Waals surface area contributed by atoms with Gasteiger partial charge in [0, 0.05) is 26.0 Å². The van der Waals surface area contributed by atoms with E-state index >= 15 is 0 Å². The first-order valence-electron chi connectivity index (χ1n) is 7.15. The summed E-state index contributed by atoms with van der Waals surface area (Å²) in [6, 6.07) is 3.51. The number of amides is 1. The van der Waals surface area contributed by atoms with Crippen LogP contribution in [-0.4, -0.2) is 37.2 Å². The molecule has 0 spiro atoms. The fraction of sp³-hybridized carbons (Fsp3) is 0.500. The molecule has 5 nitrogen and oxygen atoms in total. The minimum atomic E-state index is -0.221. The van der Waals surface area contributed by atoms with E-state index in [1.807, 2.05) is 0 Å². The summed E-state index contributed by atoms with van der Waals surface area (Å²) >= 11 is 0. The van der Waals surface area contributed by atoms with Crippen LogP contribution in [0.1, 0.15) is 36.3 Å². The van der Waals surface area contributed by atoms with Gasteiger partial charge in [-0.1, -0.05) is 25.7 Å². The van der Waals surface area contributed by atoms with E-state index in [1.165, 1.54) is 0 Å². The fourth-order valence-electron chi connectivity index (χ4n) is 1.61. The second-order valence-corrected chi connectivity index (χ2v) is 4.98. The smallest absolute Gasteiger partial charge is 0.271 e. The van der Waals surface area contributed by atoms with Crippen LogP contribution < -0.4 is 11.1 Å². The number of rotatable bonds is 7. The first kappa shape index (κ1) is 17.2. The second kappa shape index (κ2) is 9.92. The third-order valence-corrected chi connectivity index (χ3v) is 2.55. The van der Waals surface area contributed by atoms with Gasteiger partial charge in [0.25, 0.3) is 5.91 Å². The molecule has 1 amide bonds. The molecule has 0 aliphatic heterocycles. The van der Waals surface area contributed by atoms with Crippen LogP contribution in [0, 0.1) is 17.8 Å². The van der Waals surface area contributed by atoms with E-state index in [0.717, 1.165) is 13.0 Å². The minimum absolute atomic E-state index is 0.221. The van der Waals surface area contributed by atoms with E-state index in [0.29, 0.717) is 30.3 Å². The van der Waals surface area contributed by atoms with E-state index in [1.54, 1.807) is 18.3 Å². The van der Waals surface area contributed by atoms with Gasteiger partial charge in [0.05, 0.1) is 12.1 Å². The number of nitrogens with zero attached hydrogens (tertiary/aromatic N) is 1. The van der Waals surface area contributed by atoms with E-state index in [-0.39, 0.29) is 12.5 Å². The van der Waals surface area contributed by atoms with Crippen molar-refractivity contribution >= 4 is 5.91 Å². The lowest BCUT2D eigenvalue weighted by atomic mass is 10.2. The molecular weight excluding hydrogens is 266 g/mol. The number of nitrogens with two attached hydrogens (primary N) is 1. The zero-order valence-corrected chi connectivity index (χ0v) is 12.7. The topological polar surface area (TPSA) is 77.2 Å². The summed E-state index contributed by atoms with van der Waals surface area (Å²) in [4.78, 5) is 16.1. The average Bonchev–Trinajstić information content (AvgIpc) is 2.48. The highest BCUT2D eigenvalue weighted by atomic mass is 16.5. The molecule has 1 aromatic heterocycles. The summed E-state index contributed by atoms with van der Waals surface area (Å²) in [6.45, 7) is 6.40. The van der Waals surface area contributed by atoms with Gasteiger partial charge in [0.1, 0.15) is 5.69 Å². The van der Waals surface area contributed by atoms with Crippen molar-refractivity contribution < 1.29 is 9.53 Å². The highest BCUT2D eigenvalue weighted by Gasteiger charge is 2.10. The first-order valence-corrected chi connectivity index (χ1v) is 7.15. The van der Waals surface area contributed by atoms with E-state index in [2.05, 4.69) is 36.0 Å². The van der Waals surface area contributed by atoms with Crippen molar-refractivity contribution in [2.24, 2.45) is 11.7 Å². The maximum atomic E-state index is 12.1. The highest BCUT2D eigenvalue weighted by Crippen LogP contribution is 2.03. The number of ether oxygens (including phenoxy) is 1. The lowest BCUT2D eigenvalue weighted by Gasteiger charge is -2.08. The van der Waals surface area contributed by atoms with Gasteiger partial charge in [-0.2, -0.15) is 0 Å². The molecule has 0 aliphatic rings. The minimum Gasteiger partial charge on any atom is -0.381 e. The summed E-state index contributed by atoms with van der Waals surface area (Å²) in [6.07, 6.45) is 2.35. The number of hydrogen-bond donors (Lipinski definition) is 2. The Kier molecular flexibility index (Phi) is 8.10. The summed E-state index contributed by atoms with van der Waals surface area (Å²) in [5, 5.41) is 2.82. The van der Waals surface area contributed by atoms with Gasteiger partial charge < -0.3 is 15.8 Å². The molecule has 21 heavy (non-hydrogen) atoms. The molecule has 114 valence electrons.